The third-order valence-electron chi connectivity index (χ3n) is 3.55. The van der Waals surface area contributed by atoms with Crippen LogP contribution in [0.4, 0.5) is 0 Å². The van der Waals surface area contributed by atoms with Crippen LogP contribution in [0.5, 0.6) is 0 Å². The fourth-order valence-corrected chi connectivity index (χ4v) is 4.21. The van der Waals surface area contributed by atoms with Gasteiger partial charge in [-0.2, -0.15) is 9.29 Å². The van der Waals surface area contributed by atoms with Crippen molar-refractivity contribution in [2.24, 2.45) is 7.05 Å². The van der Waals surface area contributed by atoms with Gasteiger partial charge in [-0.1, -0.05) is 5.16 Å². The lowest BCUT2D eigenvalue weighted by molar-refractivity contribution is -0.0691. The van der Waals surface area contributed by atoms with Crippen molar-refractivity contribution in [1.29, 1.82) is 0 Å². The Bertz CT molecular complexity index is 767. The van der Waals surface area contributed by atoms with Gasteiger partial charge in [-0.3, -0.25) is 0 Å². The SMILES string of the molecule is Cc1noc([C@H]2CN(S(=O)(=O)c3cccn3C)C[C@@H](C)O2)n1. The zero-order chi connectivity index (χ0) is 15.9. The molecule has 3 rings (SSSR count). The fourth-order valence-electron chi connectivity index (χ4n) is 2.53. The molecule has 1 saturated heterocycles. The average molecular weight is 326 g/mol. The molecule has 1 fully saturated rings. The first kappa shape index (κ1) is 15.2. The zero-order valence-corrected chi connectivity index (χ0v) is 13.4. The van der Waals surface area contributed by atoms with Crippen molar-refractivity contribution in [1.82, 2.24) is 19.0 Å². The Kier molecular flexibility index (Phi) is 3.79. The molecule has 0 N–H and O–H groups in total. The second-order valence-corrected chi connectivity index (χ2v) is 7.28. The van der Waals surface area contributed by atoms with E-state index >= 15 is 0 Å². The molecule has 2 aromatic rings. The minimum Gasteiger partial charge on any atom is -0.363 e. The average Bonchev–Trinajstić information content (AvgIpc) is 3.07. The van der Waals surface area contributed by atoms with Crippen molar-refractivity contribution in [2.75, 3.05) is 13.1 Å². The van der Waals surface area contributed by atoms with Gasteiger partial charge in [-0.25, -0.2) is 8.42 Å². The number of aryl methyl sites for hydroxylation is 2. The third kappa shape index (κ3) is 2.67. The largest absolute Gasteiger partial charge is 0.363 e. The van der Waals surface area contributed by atoms with Gasteiger partial charge < -0.3 is 13.8 Å². The maximum absolute atomic E-state index is 12.8. The van der Waals surface area contributed by atoms with E-state index in [2.05, 4.69) is 10.1 Å². The first-order valence-electron chi connectivity index (χ1n) is 6.95. The number of hydrogen-bond donors (Lipinski definition) is 0. The molecule has 8 nitrogen and oxygen atoms in total. The second-order valence-electron chi connectivity index (χ2n) is 5.39. The molecule has 0 aromatic carbocycles. The van der Waals surface area contributed by atoms with Crippen LogP contribution in [-0.4, -0.2) is 46.6 Å². The lowest BCUT2D eigenvalue weighted by Crippen LogP contribution is -2.46. The van der Waals surface area contributed by atoms with Crippen molar-refractivity contribution in [3.63, 3.8) is 0 Å². The van der Waals surface area contributed by atoms with Crippen LogP contribution in [0.15, 0.2) is 27.9 Å². The van der Waals surface area contributed by atoms with Gasteiger partial charge in [0.1, 0.15) is 5.03 Å². The molecule has 0 saturated carbocycles. The summed E-state index contributed by atoms with van der Waals surface area (Å²) in [6, 6.07) is 3.29. The molecule has 0 bridgehead atoms. The van der Waals surface area contributed by atoms with Crippen molar-refractivity contribution in [3.05, 3.63) is 30.0 Å². The van der Waals surface area contributed by atoms with Crippen LogP contribution in [0.1, 0.15) is 24.7 Å². The number of ether oxygens (including phenoxy) is 1. The topological polar surface area (TPSA) is 90.5 Å². The Balaban J connectivity index is 1.89. The molecule has 0 spiro atoms. The molecular weight excluding hydrogens is 308 g/mol. The molecule has 120 valence electrons. The Morgan fingerprint density at radius 1 is 1.36 bits per heavy atom. The highest BCUT2D eigenvalue weighted by Gasteiger charge is 2.37. The Labute approximate surface area is 128 Å². The maximum atomic E-state index is 12.8. The predicted octanol–water partition coefficient (Wildman–Crippen LogP) is 0.867. The first-order chi connectivity index (χ1) is 10.4. The number of rotatable bonds is 3. The van der Waals surface area contributed by atoms with Crippen LogP contribution in [0.3, 0.4) is 0 Å². The molecule has 22 heavy (non-hydrogen) atoms. The van der Waals surface area contributed by atoms with Gasteiger partial charge in [-0.05, 0) is 26.0 Å². The highest BCUT2D eigenvalue weighted by molar-refractivity contribution is 7.89. The second kappa shape index (κ2) is 5.49. The van der Waals surface area contributed by atoms with E-state index in [1.54, 1.807) is 36.9 Å². The highest BCUT2D eigenvalue weighted by atomic mass is 32.2. The smallest absolute Gasteiger partial charge is 0.258 e. The standard InChI is InChI=1S/C13H18N4O4S/c1-9-7-17(22(18,19)12-5-4-6-16(12)3)8-11(20-9)13-14-10(2)15-21-13/h4-6,9,11H,7-8H2,1-3H3/t9-,11-/m1/s1. The number of aromatic nitrogens is 3. The lowest BCUT2D eigenvalue weighted by atomic mass is 10.2. The minimum absolute atomic E-state index is 0.152. The van der Waals surface area contributed by atoms with E-state index < -0.39 is 16.1 Å². The molecular formula is C13H18N4O4S. The summed E-state index contributed by atoms with van der Waals surface area (Å²) in [6.45, 7) is 3.97. The number of sulfonamides is 1. The first-order valence-corrected chi connectivity index (χ1v) is 8.39. The van der Waals surface area contributed by atoms with Gasteiger partial charge in [-0.15, -0.1) is 0 Å². The predicted molar refractivity (Wildman–Crippen MR) is 76.5 cm³/mol. The molecule has 3 heterocycles. The van der Waals surface area contributed by atoms with E-state index in [-0.39, 0.29) is 24.2 Å². The van der Waals surface area contributed by atoms with E-state index in [9.17, 15) is 8.42 Å². The van der Waals surface area contributed by atoms with Crippen LogP contribution in [0.2, 0.25) is 0 Å². The zero-order valence-electron chi connectivity index (χ0n) is 12.6. The normalized spacial score (nSPS) is 23.8. The van der Waals surface area contributed by atoms with Crippen LogP contribution in [0.25, 0.3) is 0 Å². The van der Waals surface area contributed by atoms with E-state index in [1.807, 2.05) is 6.92 Å². The Morgan fingerprint density at radius 2 is 2.14 bits per heavy atom. The van der Waals surface area contributed by atoms with Crippen LogP contribution < -0.4 is 0 Å². The van der Waals surface area contributed by atoms with Crippen molar-refractivity contribution in [2.45, 2.75) is 31.1 Å². The Morgan fingerprint density at radius 3 is 2.73 bits per heavy atom. The van der Waals surface area contributed by atoms with Gasteiger partial charge in [0.05, 0.1) is 6.10 Å². The van der Waals surface area contributed by atoms with E-state index in [0.29, 0.717) is 11.7 Å². The molecule has 9 heteroatoms. The summed E-state index contributed by atoms with van der Waals surface area (Å²) >= 11 is 0. The summed E-state index contributed by atoms with van der Waals surface area (Å²) in [7, 11) is -1.89. The van der Waals surface area contributed by atoms with E-state index in [0.717, 1.165) is 0 Å². The lowest BCUT2D eigenvalue weighted by Gasteiger charge is -2.34. The maximum Gasteiger partial charge on any atom is 0.258 e. The molecule has 0 radical (unpaired) electrons. The summed E-state index contributed by atoms with van der Waals surface area (Å²) in [5.41, 5.74) is 0. The summed E-state index contributed by atoms with van der Waals surface area (Å²) in [5.74, 6) is 0.796. The van der Waals surface area contributed by atoms with Crippen molar-refractivity contribution in [3.8, 4) is 0 Å². The van der Waals surface area contributed by atoms with Crippen LogP contribution in [-0.2, 0) is 21.8 Å². The molecule has 0 amide bonds. The number of hydrogen-bond acceptors (Lipinski definition) is 6. The van der Waals surface area contributed by atoms with Gasteiger partial charge in [0, 0.05) is 26.3 Å². The molecule has 0 aliphatic carbocycles. The van der Waals surface area contributed by atoms with Gasteiger partial charge in [0.15, 0.2) is 11.9 Å². The van der Waals surface area contributed by atoms with Gasteiger partial charge in [0.2, 0.25) is 0 Å². The van der Waals surface area contributed by atoms with Crippen LogP contribution >= 0.6 is 0 Å². The Hall–Kier alpha value is -1.71. The number of nitrogens with zero attached hydrogens (tertiary/aromatic N) is 4. The van der Waals surface area contributed by atoms with Gasteiger partial charge in [0.25, 0.3) is 15.9 Å². The third-order valence-corrected chi connectivity index (χ3v) is 5.48. The fraction of sp³-hybridized carbons (Fsp3) is 0.538. The summed E-state index contributed by atoms with van der Waals surface area (Å²) in [5, 5.41) is 3.98. The van der Waals surface area contributed by atoms with Crippen molar-refractivity contribution >= 4 is 10.0 Å². The molecule has 1 aliphatic rings. The van der Waals surface area contributed by atoms with E-state index in [4.69, 9.17) is 9.26 Å². The van der Waals surface area contributed by atoms with Crippen LogP contribution in [0, 0.1) is 6.92 Å². The summed E-state index contributed by atoms with van der Waals surface area (Å²) in [6.07, 6.45) is 0.885. The summed E-state index contributed by atoms with van der Waals surface area (Å²) < 4.78 is 39.4. The van der Waals surface area contributed by atoms with E-state index in [1.165, 1.54) is 4.31 Å². The molecule has 0 unspecified atom stereocenters. The monoisotopic (exact) mass is 326 g/mol. The quantitative estimate of drug-likeness (QED) is 0.831. The highest BCUT2D eigenvalue weighted by Crippen LogP contribution is 2.28. The van der Waals surface area contributed by atoms with Crippen molar-refractivity contribution < 1.29 is 17.7 Å². The minimum atomic E-state index is -3.59. The molecule has 2 atom stereocenters. The molecule has 1 aliphatic heterocycles. The number of morpholine rings is 1. The summed E-state index contributed by atoms with van der Waals surface area (Å²) in [4.78, 5) is 4.14. The van der Waals surface area contributed by atoms with Gasteiger partial charge >= 0.3 is 0 Å². The molecule has 2 aromatic heterocycles.